The zero-order chi connectivity index (χ0) is 11.7. The van der Waals surface area contributed by atoms with Crippen molar-refractivity contribution in [2.45, 2.75) is 38.3 Å². The first-order valence-electron chi connectivity index (χ1n) is 5.81. The topological polar surface area (TPSA) is 64.3 Å². The second-order valence-electron chi connectivity index (χ2n) is 4.70. The van der Waals surface area contributed by atoms with Crippen molar-refractivity contribution in [2.75, 3.05) is 6.61 Å². The maximum Gasteiger partial charge on any atom is 0.229 e. The number of rotatable bonds is 4. The van der Waals surface area contributed by atoms with Gasteiger partial charge in [0.05, 0.1) is 23.1 Å². The summed E-state index contributed by atoms with van der Waals surface area (Å²) in [5.74, 6) is 0.178. The highest BCUT2D eigenvalue weighted by molar-refractivity contribution is 7.80. The van der Waals surface area contributed by atoms with Crippen LogP contribution in [0.1, 0.15) is 26.2 Å². The standard InChI is InChI=1S/C11H18N2O2S/c1-6(10(12)16)11(14)13-8-4-5-15-9(8)7-2-3-7/h6-9H,2-5H2,1H3,(H2,12,16)(H,13,14). The van der Waals surface area contributed by atoms with Gasteiger partial charge in [-0.25, -0.2) is 0 Å². The van der Waals surface area contributed by atoms with Gasteiger partial charge < -0.3 is 15.8 Å². The second kappa shape index (κ2) is 4.67. The lowest BCUT2D eigenvalue weighted by molar-refractivity contribution is -0.123. The minimum atomic E-state index is -0.393. The summed E-state index contributed by atoms with van der Waals surface area (Å²) in [7, 11) is 0. The van der Waals surface area contributed by atoms with Crippen molar-refractivity contribution in [3.05, 3.63) is 0 Å². The van der Waals surface area contributed by atoms with Crippen LogP contribution in [0.15, 0.2) is 0 Å². The van der Waals surface area contributed by atoms with Crippen LogP contribution in [-0.2, 0) is 9.53 Å². The fourth-order valence-electron chi connectivity index (χ4n) is 2.09. The molecule has 0 bridgehead atoms. The van der Waals surface area contributed by atoms with E-state index in [1.54, 1.807) is 6.92 Å². The molecule has 5 heteroatoms. The predicted molar refractivity (Wildman–Crippen MR) is 65.0 cm³/mol. The normalized spacial score (nSPS) is 31.1. The monoisotopic (exact) mass is 242 g/mol. The molecule has 3 N–H and O–H groups in total. The van der Waals surface area contributed by atoms with Crippen LogP contribution in [0.2, 0.25) is 0 Å². The molecule has 0 aromatic heterocycles. The fourth-order valence-corrected chi connectivity index (χ4v) is 2.20. The Morgan fingerprint density at radius 1 is 1.50 bits per heavy atom. The Hall–Kier alpha value is -0.680. The number of amides is 1. The van der Waals surface area contributed by atoms with Crippen molar-refractivity contribution < 1.29 is 9.53 Å². The number of thiocarbonyl (C=S) groups is 1. The molecule has 1 aliphatic carbocycles. The Kier molecular flexibility index (Phi) is 3.44. The molecule has 1 saturated carbocycles. The van der Waals surface area contributed by atoms with Gasteiger partial charge in [-0.3, -0.25) is 4.79 Å². The summed E-state index contributed by atoms with van der Waals surface area (Å²) in [6.45, 7) is 2.48. The highest BCUT2D eigenvalue weighted by Gasteiger charge is 2.41. The summed E-state index contributed by atoms with van der Waals surface area (Å²) in [6.07, 6.45) is 3.56. The molecule has 1 aliphatic heterocycles. The van der Waals surface area contributed by atoms with Gasteiger partial charge in [0.25, 0.3) is 0 Å². The molecule has 3 unspecified atom stereocenters. The van der Waals surface area contributed by atoms with Crippen LogP contribution in [0, 0.1) is 11.8 Å². The number of nitrogens with two attached hydrogens (primary N) is 1. The number of hydrogen-bond acceptors (Lipinski definition) is 3. The molecule has 90 valence electrons. The molecule has 3 atom stereocenters. The first kappa shape index (κ1) is 11.8. The fraction of sp³-hybridized carbons (Fsp3) is 0.818. The Balaban J connectivity index is 1.88. The van der Waals surface area contributed by atoms with E-state index in [1.807, 2.05) is 0 Å². The van der Waals surface area contributed by atoms with Gasteiger partial charge in [-0.15, -0.1) is 0 Å². The average Bonchev–Trinajstić information content (AvgIpc) is 2.99. The summed E-state index contributed by atoms with van der Waals surface area (Å²) < 4.78 is 5.65. The van der Waals surface area contributed by atoms with Crippen LogP contribution < -0.4 is 11.1 Å². The van der Waals surface area contributed by atoms with Crippen molar-refractivity contribution in [3.8, 4) is 0 Å². The van der Waals surface area contributed by atoms with Gasteiger partial charge in [0.2, 0.25) is 5.91 Å². The largest absolute Gasteiger partial charge is 0.393 e. The molecule has 0 aromatic carbocycles. The molecule has 2 rings (SSSR count). The van der Waals surface area contributed by atoms with E-state index in [9.17, 15) is 4.79 Å². The summed E-state index contributed by atoms with van der Waals surface area (Å²) in [5.41, 5.74) is 5.46. The number of ether oxygens (including phenoxy) is 1. The summed E-state index contributed by atoms with van der Waals surface area (Å²) >= 11 is 4.81. The van der Waals surface area contributed by atoms with E-state index < -0.39 is 5.92 Å². The molecule has 2 fully saturated rings. The molecule has 0 aromatic rings. The molecular formula is C11H18N2O2S. The molecule has 1 amide bonds. The van der Waals surface area contributed by atoms with Crippen LogP contribution in [-0.4, -0.2) is 29.6 Å². The molecule has 16 heavy (non-hydrogen) atoms. The highest BCUT2D eigenvalue weighted by Crippen LogP contribution is 2.38. The van der Waals surface area contributed by atoms with Gasteiger partial charge >= 0.3 is 0 Å². The smallest absolute Gasteiger partial charge is 0.229 e. The van der Waals surface area contributed by atoms with E-state index >= 15 is 0 Å². The Morgan fingerprint density at radius 3 is 2.75 bits per heavy atom. The maximum absolute atomic E-state index is 11.8. The van der Waals surface area contributed by atoms with E-state index in [-0.39, 0.29) is 23.0 Å². The van der Waals surface area contributed by atoms with E-state index in [4.69, 9.17) is 22.7 Å². The van der Waals surface area contributed by atoms with Gasteiger partial charge in [-0.05, 0) is 32.1 Å². The van der Waals surface area contributed by atoms with Crippen molar-refractivity contribution in [3.63, 3.8) is 0 Å². The molecule has 0 radical (unpaired) electrons. The van der Waals surface area contributed by atoms with Crippen molar-refractivity contribution >= 4 is 23.1 Å². The number of carbonyl (C=O) groups is 1. The highest BCUT2D eigenvalue weighted by atomic mass is 32.1. The van der Waals surface area contributed by atoms with Gasteiger partial charge in [-0.1, -0.05) is 12.2 Å². The minimum absolute atomic E-state index is 0.0753. The first-order valence-corrected chi connectivity index (χ1v) is 6.21. The van der Waals surface area contributed by atoms with Crippen LogP contribution in [0.3, 0.4) is 0 Å². The average molecular weight is 242 g/mol. The second-order valence-corrected chi connectivity index (χ2v) is 5.17. The predicted octanol–water partition coefficient (Wildman–Crippen LogP) is 0.592. The third kappa shape index (κ3) is 2.52. The van der Waals surface area contributed by atoms with Crippen molar-refractivity contribution in [1.29, 1.82) is 0 Å². The molecular weight excluding hydrogens is 224 g/mol. The Morgan fingerprint density at radius 2 is 2.19 bits per heavy atom. The minimum Gasteiger partial charge on any atom is -0.393 e. The first-order chi connectivity index (χ1) is 7.59. The zero-order valence-electron chi connectivity index (χ0n) is 9.44. The number of nitrogens with one attached hydrogen (secondary N) is 1. The SMILES string of the molecule is CC(C(=O)NC1CCOC1C1CC1)C(N)=S. The van der Waals surface area contributed by atoms with E-state index in [1.165, 1.54) is 12.8 Å². The third-order valence-electron chi connectivity index (χ3n) is 3.37. The maximum atomic E-state index is 11.8. The third-order valence-corrected chi connectivity index (χ3v) is 3.72. The van der Waals surface area contributed by atoms with Crippen LogP contribution in [0.5, 0.6) is 0 Å². The lowest BCUT2D eigenvalue weighted by Gasteiger charge is -2.21. The summed E-state index contributed by atoms with van der Waals surface area (Å²) in [5, 5.41) is 3.00. The molecule has 1 heterocycles. The van der Waals surface area contributed by atoms with Crippen LogP contribution in [0.4, 0.5) is 0 Å². The molecule has 4 nitrogen and oxygen atoms in total. The lowest BCUT2D eigenvalue weighted by atomic mass is 10.0. The van der Waals surface area contributed by atoms with Crippen molar-refractivity contribution in [1.82, 2.24) is 5.32 Å². The van der Waals surface area contributed by atoms with Gasteiger partial charge in [-0.2, -0.15) is 0 Å². The van der Waals surface area contributed by atoms with E-state index in [2.05, 4.69) is 5.32 Å². The summed E-state index contributed by atoms with van der Waals surface area (Å²) in [4.78, 5) is 12.0. The summed E-state index contributed by atoms with van der Waals surface area (Å²) in [6, 6.07) is 0.150. The number of carbonyl (C=O) groups excluding carboxylic acids is 1. The molecule has 2 aliphatic rings. The molecule has 1 saturated heterocycles. The van der Waals surface area contributed by atoms with E-state index in [0.29, 0.717) is 5.92 Å². The lowest BCUT2D eigenvalue weighted by Crippen LogP contribution is -2.45. The van der Waals surface area contributed by atoms with Crippen LogP contribution >= 0.6 is 12.2 Å². The van der Waals surface area contributed by atoms with Gasteiger partial charge in [0.15, 0.2) is 0 Å². The Bertz CT molecular complexity index is 304. The zero-order valence-corrected chi connectivity index (χ0v) is 10.3. The van der Waals surface area contributed by atoms with Crippen molar-refractivity contribution in [2.24, 2.45) is 17.6 Å². The number of hydrogen-bond donors (Lipinski definition) is 2. The quantitative estimate of drug-likeness (QED) is 0.708. The van der Waals surface area contributed by atoms with E-state index in [0.717, 1.165) is 13.0 Å². The van der Waals surface area contributed by atoms with Gasteiger partial charge in [0, 0.05) is 6.61 Å². The Labute approximate surface area is 101 Å². The van der Waals surface area contributed by atoms with Crippen LogP contribution in [0.25, 0.3) is 0 Å². The van der Waals surface area contributed by atoms with Gasteiger partial charge in [0.1, 0.15) is 0 Å². The molecule has 0 spiro atoms.